The molecule has 6 nitrogen and oxygen atoms in total. The lowest BCUT2D eigenvalue weighted by molar-refractivity contribution is 0.102. The molecule has 31 heavy (non-hydrogen) atoms. The van der Waals surface area contributed by atoms with Crippen molar-refractivity contribution >= 4 is 44.8 Å². The van der Waals surface area contributed by atoms with Crippen molar-refractivity contribution in [2.75, 3.05) is 5.32 Å². The summed E-state index contributed by atoms with van der Waals surface area (Å²) in [6.45, 7) is 0. The summed E-state index contributed by atoms with van der Waals surface area (Å²) in [6.07, 6.45) is 0. The van der Waals surface area contributed by atoms with Gasteiger partial charge >= 0.3 is 0 Å². The first-order chi connectivity index (χ1) is 14.9. The van der Waals surface area contributed by atoms with Crippen molar-refractivity contribution in [3.8, 4) is 11.6 Å². The van der Waals surface area contributed by atoms with Crippen molar-refractivity contribution in [2.45, 2.75) is 4.90 Å². The molecule has 0 radical (unpaired) electrons. The molecule has 0 atom stereocenters. The molecular weight excluding hydrogens is 443 g/mol. The first-order valence-electron chi connectivity index (χ1n) is 8.99. The summed E-state index contributed by atoms with van der Waals surface area (Å²) < 4.78 is 41.6. The molecule has 0 saturated carbocycles. The average Bonchev–Trinajstić information content (AvgIpc) is 2.75. The minimum atomic E-state index is -2.79. The fourth-order valence-electron chi connectivity index (χ4n) is 2.90. The number of fused-ring (bicyclic) bond motifs is 1. The van der Waals surface area contributed by atoms with Gasteiger partial charge in [-0.1, -0.05) is 35.9 Å². The first kappa shape index (κ1) is 20.8. The summed E-state index contributed by atoms with van der Waals surface area (Å²) >= 11 is 6.06. The number of anilines is 1. The maximum Gasteiger partial charge on any atom is 0.261 e. The van der Waals surface area contributed by atoms with Crippen LogP contribution < -0.4 is 10.1 Å². The van der Waals surface area contributed by atoms with E-state index >= 15 is 0 Å². The van der Waals surface area contributed by atoms with Crippen molar-refractivity contribution in [1.29, 1.82) is 0 Å². The van der Waals surface area contributed by atoms with E-state index in [1.54, 1.807) is 36.4 Å². The summed E-state index contributed by atoms with van der Waals surface area (Å²) in [7, 11) is -2.79. The molecule has 0 aliphatic rings. The van der Waals surface area contributed by atoms with Crippen LogP contribution in [0.3, 0.4) is 0 Å². The van der Waals surface area contributed by atoms with E-state index in [1.807, 2.05) is 0 Å². The lowest BCUT2D eigenvalue weighted by Crippen LogP contribution is -2.14. The second-order valence-electron chi connectivity index (χ2n) is 6.47. The largest absolute Gasteiger partial charge is 0.437 e. The molecule has 4 aromatic rings. The Bertz CT molecular complexity index is 1380. The van der Waals surface area contributed by atoms with Gasteiger partial charge in [-0.15, -0.1) is 0 Å². The third-order valence-electron chi connectivity index (χ3n) is 4.35. The Kier molecular flexibility index (Phi) is 5.83. The van der Waals surface area contributed by atoms with Crippen LogP contribution in [0.5, 0.6) is 11.6 Å². The van der Waals surface area contributed by atoms with Gasteiger partial charge in [0, 0.05) is 11.1 Å². The van der Waals surface area contributed by atoms with E-state index in [1.165, 1.54) is 30.3 Å². The monoisotopic (exact) mass is 456 g/mol. The van der Waals surface area contributed by atoms with Crippen molar-refractivity contribution in [1.82, 2.24) is 4.98 Å². The number of hydrogen-bond acceptors (Lipinski definition) is 5. The Balaban J connectivity index is 1.75. The highest BCUT2D eigenvalue weighted by Gasteiger charge is 2.18. The number of hydrogen-bond donors (Lipinski definition) is 2. The van der Waals surface area contributed by atoms with E-state index in [-0.39, 0.29) is 27.1 Å². The highest BCUT2D eigenvalue weighted by Crippen LogP contribution is 2.32. The highest BCUT2D eigenvalue weighted by atomic mass is 35.5. The van der Waals surface area contributed by atoms with E-state index in [2.05, 4.69) is 10.3 Å². The number of carbonyl (C=O) groups is 1. The molecule has 0 saturated heterocycles. The van der Waals surface area contributed by atoms with Crippen LogP contribution in [0, 0.1) is 5.82 Å². The summed E-state index contributed by atoms with van der Waals surface area (Å²) in [4.78, 5) is 17.5. The Morgan fingerprint density at radius 3 is 2.58 bits per heavy atom. The number of benzene rings is 3. The van der Waals surface area contributed by atoms with Crippen molar-refractivity contribution in [2.24, 2.45) is 0 Å². The van der Waals surface area contributed by atoms with Gasteiger partial charge in [0.15, 0.2) is 10.7 Å². The van der Waals surface area contributed by atoms with Crippen molar-refractivity contribution in [3.05, 3.63) is 89.2 Å². The number of amides is 1. The van der Waals surface area contributed by atoms with Gasteiger partial charge in [-0.2, -0.15) is 0 Å². The first-order valence-corrected chi connectivity index (χ1v) is 10.5. The van der Waals surface area contributed by atoms with Gasteiger partial charge in [-0.3, -0.25) is 4.79 Å². The van der Waals surface area contributed by atoms with Gasteiger partial charge in [0.25, 0.3) is 5.91 Å². The SMILES string of the molecule is O=C(Nc1cccc([SH](=O)=O)c1)c1cc2ccccc2nc1Oc1ccc(F)cc1Cl. The molecule has 0 spiro atoms. The molecule has 1 heterocycles. The van der Waals surface area contributed by atoms with Gasteiger partial charge in [0.05, 0.1) is 15.4 Å². The molecule has 9 heteroatoms. The molecule has 1 N–H and O–H groups in total. The number of halogens is 2. The number of aromatic nitrogens is 1. The fraction of sp³-hybridized carbons (Fsp3) is 0. The van der Waals surface area contributed by atoms with E-state index in [0.717, 1.165) is 6.07 Å². The second-order valence-corrected chi connectivity index (χ2v) is 7.91. The molecule has 0 unspecified atom stereocenters. The van der Waals surface area contributed by atoms with Gasteiger partial charge in [-0.05, 0) is 48.5 Å². The number of thiol groups is 1. The Morgan fingerprint density at radius 2 is 1.81 bits per heavy atom. The van der Waals surface area contributed by atoms with Crippen LogP contribution in [-0.4, -0.2) is 19.3 Å². The van der Waals surface area contributed by atoms with E-state index in [0.29, 0.717) is 16.6 Å². The second kappa shape index (κ2) is 8.71. The molecule has 0 aliphatic heterocycles. The molecule has 1 aromatic heterocycles. The minimum Gasteiger partial charge on any atom is -0.437 e. The van der Waals surface area contributed by atoms with Crippen LogP contribution in [0.1, 0.15) is 10.4 Å². The van der Waals surface area contributed by atoms with E-state index < -0.39 is 22.4 Å². The maximum atomic E-state index is 13.4. The van der Waals surface area contributed by atoms with E-state index in [4.69, 9.17) is 16.3 Å². The molecule has 156 valence electrons. The maximum absolute atomic E-state index is 13.4. The number of nitrogens with one attached hydrogen (secondary N) is 1. The normalized spacial score (nSPS) is 10.9. The third-order valence-corrected chi connectivity index (χ3v) is 5.34. The standard InChI is InChI=1S/C22H14ClFN2O4S/c23-18-11-14(24)8-9-20(18)30-22-17(10-13-4-1-2-7-19(13)26-22)21(27)25-15-5-3-6-16(12-15)31(28)29/h1-12,31H,(H,25,27). The number of rotatable bonds is 5. The van der Waals surface area contributed by atoms with Crippen LogP contribution in [0.15, 0.2) is 77.7 Å². The zero-order valence-corrected chi connectivity index (χ0v) is 17.4. The summed E-state index contributed by atoms with van der Waals surface area (Å²) in [5.74, 6) is -0.996. The topological polar surface area (TPSA) is 85.4 Å². The van der Waals surface area contributed by atoms with Crippen molar-refractivity contribution < 1.29 is 22.3 Å². The molecule has 0 fully saturated rings. The lowest BCUT2D eigenvalue weighted by atomic mass is 10.1. The average molecular weight is 457 g/mol. The predicted octanol–water partition coefficient (Wildman–Crippen LogP) is 5.04. The van der Waals surface area contributed by atoms with Gasteiger partial charge in [-0.25, -0.2) is 17.8 Å². The Labute approximate surface area is 183 Å². The van der Waals surface area contributed by atoms with Gasteiger partial charge < -0.3 is 10.1 Å². The summed E-state index contributed by atoms with van der Waals surface area (Å²) in [5.41, 5.74) is 0.967. The number of nitrogens with zero attached hydrogens (tertiary/aromatic N) is 1. The zero-order chi connectivity index (χ0) is 22.0. The fourth-order valence-corrected chi connectivity index (χ4v) is 3.55. The smallest absolute Gasteiger partial charge is 0.261 e. The van der Waals surface area contributed by atoms with Gasteiger partial charge in [0.2, 0.25) is 5.88 Å². The number of para-hydroxylation sites is 1. The number of pyridine rings is 1. The highest BCUT2D eigenvalue weighted by molar-refractivity contribution is 7.72. The van der Waals surface area contributed by atoms with Crippen LogP contribution in [-0.2, 0) is 10.7 Å². The van der Waals surface area contributed by atoms with Crippen LogP contribution in [0.4, 0.5) is 10.1 Å². The Morgan fingerprint density at radius 1 is 1.00 bits per heavy atom. The number of carbonyl (C=O) groups excluding carboxylic acids is 1. The summed E-state index contributed by atoms with van der Waals surface area (Å²) in [6, 6.07) is 18.2. The molecule has 0 bridgehead atoms. The van der Waals surface area contributed by atoms with Crippen LogP contribution in [0.25, 0.3) is 10.9 Å². The molecular formula is C22H14ClFN2O4S. The third kappa shape index (κ3) is 4.65. The minimum absolute atomic E-state index is 0.0215. The summed E-state index contributed by atoms with van der Waals surface area (Å²) in [5, 5.41) is 3.37. The zero-order valence-electron chi connectivity index (χ0n) is 15.7. The molecule has 1 amide bonds. The van der Waals surface area contributed by atoms with E-state index in [9.17, 15) is 17.6 Å². The number of ether oxygens (including phenoxy) is 1. The van der Waals surface area contributed by atoms with Crippen LogP contribution in [0.2, 0.25) is 5.02 Å². The molecule has 4 rings (SSSR count). The quantitative estimate of drug-likeness (QED) is 0.411. The Hall–Kier alpha value is -3.49. The van der Waals surface area contributed by atoms with Crippen molar-refractivity contribution in [3.63, 3.8) is 0 Å². The molecule has 3 aromatic carbocycles. The molecule has 0 aliphatic carbocycles. The van der Waals surface area contributed by atoms with Crippen LogP contribution >= 0.6 is 11.6 Å². The lowest BCUT2D eigenvalue weighted by Gasteiger charge is -2.13. The van der Waals surface area contributed by atoms with Gasteiger partial charge in [0.1, 0.15) is 17.1 Å². The predicted molar refractivity (Wildman–Crippen MR) is 116 cm³/mol.